The summed E-state index contributed by atoms with van der Waals surface area (Å²) in [4.78, 5) is 3.00. The standard InChI is InChI=1S/C9H10N2O4S/c10-11-9-5-3-8(4-6-9)2-1-7-15-16(12,13)14/h3-6H,1-2,7H2/p+1. The Kier molecular flexibility index (Phi) is 4.37. The molecule has 1 aromatic rings. The van der Waals surface area contributed by atoms with E-state index in [1.54, 1.807) is 24.3 Å². The summed E-state index contributed by atoms with van der Waals surface area (Å²) in [6.45, 7) is -0.0645. The molecule has 16 heavy (non-hydrogen) atoms. The summed E-state index contributed by atoms with van der Waals surface area (Å²) in [6.07, 6.45) is 1.08. The first kappa shape index (κ1) is 12.6. The lowest BCUT2D eigenvalue weighted by atomic mass is 10.1. The highest BCUT2D eigenvalue weighted by Crippen LogP contribution is 2.13. The minimum atomic E-state index is -4.34. The van der Waals surface area contributed by atoms with E-state index in [1.807, 2.05) is 0 Å². The van der Waals surface area contributed by atoms with E-state index in [1.165, 1.54) is 0 Å². The van der Waals surface area contributed by atoms with Gasteiger partial charge in [0, 0.05) is 12.1 Å². The highest BCUT2D eigenvalue weighted by Gasteiger charge is 2.05. The number of hydrogen-bond donors (Lipinski definition) is 1. The van der Waals surface area contributed by atoms with Gasteiger partial charge in [0.2, 0.25) is 5.39 Å². The van der Waals surface area contributed by atoms with Crippen molar-refractivity contribution in [1.82, 2.24) is 0 Å². The van der Waals surface area contributed by atoms with Crippen molar-refractivity contribution < 1.29 is 17.2 Å². The van der Waals surface area contributed by atoms with Gasteiger partial charge in [0.25, 0.3) is 0 Å². The Morgan fingerprint density at radius 1 is 1.31 bits per heavy atom. The number of benzene rings is 1. The normalized spacial score (nSPS) is 11.0. The van der Waals surface area contributed by atoms with Crippen LogP contribution in [0.25, 0.3) is 4.98 Å². The van der Waals surface area contributed by atoms with Crippen molar-refractivity contribution in [2.45, 2.75) is 12.8 Å². The second-order valence-corrected chi connectivity index (χ2v) is 4.21. The van der Waals surface area contributed by atoms with Gasteiger partial charge in [-0.05, 0) is 18.4 Å². The van der Waals surface area contributed by atoms with Gasteiger partial charge in [0.1, 0.15) is 0 Å². The third-order valence-corrected chi connectivity index (χ3v) is 2.36. The van der Waals surface area contributed by atoms with Crippen LogP contribution in [0.3, 0.4) is 0 Å². The Hall–Kier alpha value is -1.49. The number of diazo groups is 1. The van der Waals surface area contributed by atoms with Gasteiger partial charge in [-0.2, -0.15) is 8.42 Å². The van der Waals surface area contributed by atoms with Gasteiger partial charge in [-0.3, -0.25) is 4.55 Å². The molecule has 0 radical (unpaired) electrons. The first-order valence-electron chi connectivity index (χ1n) is 4.57. The summed E-state index contributed by atoms with van der Waals surface area (Å²) in [6, 6.07) is 6.81. The first-order chi connectivity index (χ1) is 7.51. The van der Waals surface area contributed by atoms with Crippen LogP contribution in [0.1, 0.15) is 12.0 Å². The van der Waals surface area contributed by atoms with Crippen molar-refractivity contribution in [3.05, 3.63) is 34.8 Å². The van der Waals surface area contributed by atoms with Gasteiger partial charge in [0.05, 0.1) is 6.61 Å². The van der Waals surface area contributed by atoms with Crippen molar-refractivity contribution in [3.8, 4) is 0 Å². The van der Waals surface area contributed by atoms with Crippen LogP contribution in [0, 0.1) is 5.39 Å². The molecule has 0 spiro atoms. The lowest BCUT2D eigenvalue weighted by molar-refractivity contribution is 0.265. The molecule has 1 N–H and O–H groups in total. The predicted molar refractivity (Wildman–Crippen MR) is 57.0 cm³/mol. The maximum Gasteiger partial charge on any atom is 0.397 e. The van der Waals surface area contributed by atoms with E-state index in [4.69, 9.17) is 9.95 Å². The predicted octanol–water partition coefficient (Wildman–Crippen LogP) is 1.92. The van der Waals surface area contributed by atoms with E-state index in [0.29, 0.717) is 18.5 Å². The number of rotatable bonds is 5. The molecule has 1 rings (SSSR count). The summed E-state index contributed by atoms with van der Waals surface area (Å²) >= 11 is 0. The lowest BCUT2D eigenvalue weighted by Crippen LogP contribution is -2.05. The molecular weight excluding hydrogens is 232 g/mol. The van der Waals surface area contributed by atoms with Crippen LogP contribution in [0.4, 0.5) is 5.69 Å². The molecule has 7 heteroatoms. The second kappa shape index (κ2) is 5.55. The molecule has 0 fully saturated rings. The highest BCUT2D eigenvalue weighted by molar-refractivity contribution is 7.80. The van der Waals surface area contributed by atoms with Crippen LogP contribution in [-0.4, -0.2) is 19.6 Å². The Bertz CT molecular complexity index is 475. The molecule has 0 saturated heterocycles. The SMILES string of the molecule is N#[N+]c1ccc(CCCOS(=O)(=O)O)cc1. The van der Waals surface area contributed by atoms with E-state index in [0.717, 1.165) is 5.56 Å². The highest BCUT2D eigenvalue weighted by atomic mass is 32.3. The first-order valence-corrected chi connectivity index (χ1v) is 5.93. The molecule has 86 valence electrons. The minimum Gasteiger partial charge on any atom is -0.264 e. The molecule has 0 atom stereocenters. The fourth-order valence-corrected chi connectivity index (χ4v) is 1.50. The zero-order chi connectivity index (χ0) is 12.0. The molecule has 0 heterocycles. The summed E-state index contributed by atoms with van der Waals surface area (Å²) in [5.41, 5.74) is 1.42. The van der Waals surface area contributed by atoms with Crippen molar-refractivity contribution in [2.75, 3.05) is 6.61 Å². The summed E-state index contributed by atoms with van der Waals surface area (Å²) in [5, 5.41) is 8.44. The molecule has 0 bridgehead atoms. The van der Waals surface area contributed by atoms with Crippen molar-refractivity contribution in [3.63, 3.8) is 0 Å². The maximum atomic E-state index is 10.2. The Morgan fingerprint density at radius 2 is 1.94 bits per heavy atom. The molecule has 0 aliphatic rings. The Balaban J connectivity index is 2.36. The minimum absolute atomic E-state index is 0.0645. The molecular formula is C9H11N2O4S+. The van der Waals surface area contributed by atoms with Crippen LogP contribution in [0.2, 0.25) is 0 Å². The van der Waals surface area contributed by atoms with Crippen LogP contribution in [0.15, 0.2) is 24.3 Å². The van der Waals surface area contributed by atoms with Gasteiger partial charge >= 0.3 is 16.1 Å². The monoisotopic (exact) mass is 243 g/mol. The molecule has 0 aliphatic carbocycles. The van der Waals surface area contributed by atoms with E-state index in [9.17, 15) is 8.42 Å². The molecule has 0 unspecified atom stereocenters. The molecule has 6 nitrogen and oxygen atoms in total. The average molecular weight is 243 g/mol. The molecule has 0 aliphatic heterocycles. The second-order valence-electron chi connectivity index (χ2n) is 3.12. The third-order valence-electron chi connectivity index (χ3n) is 1.89. The van der Waals surface area contributed by atoms with Crippen molar-refractivity contribution in [2.24, 2.45) is 0 Å². The zero-order valence-electron chi connectivity index (χ0n) is 8.41. The van der Waals surface area contributed by atoms with Gasteiger partial charge in [-0.25, -0.2) is 4.18 Å². The van der Waals surface area contributed by atoms with Gasteiger partial charge in [-0.15, -0.1) is 0 Å². The van der Waals surface area contributed by atoms with E-state index >= 15 is 0 Å². The van der Waals surface area contributed by atoms with Crippen molar-refractivity contribution in [1.29, 1.82) is 5.39 Å². The van der Waals surface area contributed by atoms with Crippen LogP contribution in [0.5, 0.6) is 0 Å². The summed E-state index contributed by atoms with van der Waals surface area (Å²) < 4.78 is 32.9. The molecule has 1 aromatic carbocycles. The summed E-state index contributed by atoms with van der Waals surface area (Å²) in [7, 11) is -4.34. The molecule has 0 aromatic heterocycles. The van der Waals surface area contributed by atoms with Crippen LogP contribution >= 0.6 is 0 Å². The number of hydrogen-bond acceptors (Lipinski definition) is 4. The fourth-order valence-electron chi connectivity index (χ4n) is 1.17. The van der Waals surface area contributed by atoms with E-state index in [-0.39, 0.29) is 6.61 Å². The van der Waals surface area contributed by atoms with Gasteiger partial charge in [-0.1, -0.05) is 12.1 Å². The maximum absolute atomic E-state index is 10.2. The molecule has 0 amide bonds. The fraction of sp³-hybridized carbons (Fsp3) is 0.333. The summed E-state index contributed by atoms with van der Waals surface area (Å²) in [5.74, 6) is 0. The average Bonchev–Trinajstić information content (AvgIpc) is 2.24. The number of aryl methyl sites for hydroxylation is 1. The zero-order valence-corrected chi connectivity index (χ0v) is 9.22. The number of nitrogens with zero attached hydrogens (tertiary/aromatic N) is 2. The molecule has 0 saturated carbocycles. The van der Waals surface area contributed by atoms with Crippen LogP contribution < -0.4 is 0 Å². The van der Waals surface area contributed by atoms with Crippen molar-refractivity contribution >= 4 is 16.1 Å². The Morgan fingerprint density at radius 3 is 2.44 bits per heavy atom. The smallest absolute Gasteiger partial charge is 0.264 e. The van der Waals surface area contributed by atoms with E-state index in [2.05, 4.69) is 9.16 Å². The Labute approximate surface area is 93.4 Å². The van der Waals surface area contributed by atoms with Gasteiger partial charge < -0.3 is 0 Å². The lowest BCUT2D eigenvalue weighted by Gasteiger charge is -2.00. The van der Waals surface area contributed by atoms with Gasteiger partial charge in [0.15, 0.2) is 4.98 Å². The van der Waals surface area contributed by atoms with E-state index < -0.39 is 10.4 Å². The topological polar surface area (TPSA) is 91.8 Å². The quantitative estimate of drug-likeness (QED) is 0.484. The largest absolute Gasteiger partial charge is 0.397 e. The third kappa shape index (κ3) is 4.84. The van der Waals surface area contributed by atoms with Crippen LogP contribution in [-0.2, 0) is 21.0 Å².